The first-order valence-corrected chi connectivity index (χ1v) is 7.04. The summed E-state index contributed by atoms with van der Waals surface area (Å²) < 4.78 is 5.57. The zero-order valence-electron chi connectivity index (χ0n) is 12.4. The molecule has 0 spiro atoms. The Morgan fingerprint density at radius 3 is 2.76 bits per heavy atom. The van der Waals surface area contributed by atoms with Crippen LogP contribution >= 0.6 is 0 Å². The first kappa shape index (κ1) is 15.0. The Hall–Kier alpha value is -2.36. The Bertz CT molecular complexity index is 584. The SMILES string of the molecule is Cc1cccc(OCCC(=O)NC(C)c2ccncc2)c1. The third-order valence-electron chi connectivity index (χ3n) is 3.17. The fourth-order valence-corrected chi connectivity index (χ4v) is 2.02. The molecule has 1 N–H and O–H groups in total. The summed E-state index contributed by atoms with van der Waals surface area (Å²) >= 11 is 0. The molecule has 0 aliphatic rings. The minimum absolute atomic E-state index is 0.0213. The second kappa shape index (κ2) is 7.43. The van der Waals surface area contributed by atoms with E-state index in [0.29, 0.717) is 13.0 Å². The molecule has 2 rings (SSSR count). The van der Waals surface area contributed by atoms with Crippen molar-refractivity contribution in [1.29, 1.82) is 0 Å². The Balaban J connectivity index is 1.75. The van der Waals surface area contributed by atoms with Gasteiger partial charge in [-0.05, 0) is 49.2 Å². The topological polar surface area (TPSA) is 51.2 Å². The summed E-state index contributed by atoms with van der Waals surface area (Å²) in [7, 11) is 0. The summed E-state index contributed by atoms with van der Waals surface area (Å²) in [5.41, 5.74) is 2.18. The second-order valence-corrected chi connectivity index (χ2v) is 4.98. The Morgan fingerprint density at radius 1 is 1.29 bits per heavy atom. The van der Waals surface area contributed by atoms with Crippen LogP contribution in [-0.2, 0) is 4.79 Å². The molecule has 110 valence electrons. The molecule has 1 heterocycles. The van der Waals surface area contributed by atoms with Gasteiger partial charge in [0.1, 0.15) is 5.75 Å². The average molecular weight is 284 g/mol. The number of pyridine rings is 1. The monoisotopic (exact) mass is 284 g/mol. The van der Waals surface area contributed by atoms with Crippen molar-refractivity contribution in [3.63, 3.8) is 0 Å². The normalized spacial score (nSPS) is 11.7. The molecule has 2 aromatic rings. The molecule has 1 amide bonds. The van der Waals surface area contributed by atoms with Crippen LogP contribution in [0.15, 0.2) is 48.8 Å². The van der Waals surface area contributed by atoms with Gasteiger partial charge in [-0.25, -0.2) is 0 Å². The number of hydrogen-bond donors (Lipinski definition) is 1. The summed E-state index contributed by atoms with van der Waals surface area (Å²) in [5.74, 6) is 0.775. The molecular weight excluding hydrogens is 264 g/mol. The number of nitrogens with zero attached hydrogens (tertiary/aromatic N) is 1. The number of rotatable bonds is 6. The fraction of sp³-hybridized carbons (Fsp3) is 0.294. The maximum Gasteiger partial charge on any atom is 0.223 e. The predicted molar refractivity (Wildman–Crippen MR) is 82.1 cm³/mol. The van der Waals surface area contributed by atoms with Gasteiger partial charge < -0.3 is 10.1 Å². The molecule has 1 aromatic heterocycles. The molecule has 0 fully saturated rings. The lowest BCUT2D eigenvalue weighted by molar-refractivity contribution is -0.122. The van der Waals surface area contributed by atoms with Crippen LogP contribution < -0.4 is 10.1 Å². The molecule has 0 radical (unpaired) electrons. The predicted octanol–water partition coefficient (Wildman–Crippen LogP) is 3.04. The molecule has 4 heteroatoms. The van der Waals surface area contributed by atoms with Crippen LogP contribution in [0.2, 0.25) is 0 Å². The highest BCUT2D eigenvalue weighted by Crippen LogP contribution is 2.13. The molecule has 1 atom stereocenters. The highest BCUT2D eigenvalue weighted by atomic mass is 16.5. The van der Waals surface area contributed by atoms with E-state index in [2.05, 4.69) is 10.3 Å². The van der Waals surface area contributed by atoms with Gasteiger partial charge >= 0.3 is 0 Å². The number of nitrogens with one attached hydrogen (secondary N) is 1. The van der Waals surface area contributed by atoms with Crippen LogP contribution in [0.4, 0.5) is 0 Å². The Morgan fingerprint density at radius 2 is 2.05 bits per heavy atom. The molecular formula is C17H20N2O2. The summed E-state index contributed by atoms with van der Waals surface area (Å²) in [6.07, 6.45) is 3.78. The Labute approximate surface area is 125 Å². The van der Waals surface area contributed by atoms with E-state index < -0.39 is 0 Å². The zero-order valence-corrected chi connectivity index (χ0v) is 12.4. The highest BCUT2D eigenvalue weighted by molar-refractivity contribution is 5.76. The van der Waals surface area contributed by atoms with Crippen LogP contribution in [0.25, 0.3) is 0 Å². The smallest absolute Gasteiger partial charge is 0.223 e. The van der Waals surface area contributed by atoms with Crippen molar-refractivity contribution in [2.75, 3.05) is 6.61 Å². The summed E-state index contributed by atoms with van der Waals surface area (Å²) in [6, 6.07) is 11.6. The molecule has 1 unspecified atom stereocenters. The molecule has 4 nitrogen and oxygen atoms in total. The zero-order chi connectivity index (χ0) is 15.1. The third kappa shape index (κ3) is 4.91. The molecule has 0 saturated heterocycles. The van der Waals surface area contributed by atoms with Crippen LogP contribution in [-0.4, -0.2) is 17.5 Å². The minimum atomic E-state index is -0.0283. The summed E-state index contributed by atoms with van der Waals surface area (Å²) in [6.45, 7) is 4.34. The van der Waals surface area contributed by atoms with E-state index in [-0.39, 0.29) is 11.9 Å². The van der Waals surface area contributed by atoms with Crippen LogP contribution in [0, 0.1) is 6.92 Å². The van der Waals surface area contributed by atoms with E-state index >= 15 is 0 Å². The van der Waals surface area contributed by atoms with Crippen molar-refractivity contribution in [3.05, 3.63) is 59.9 Å². The van der Waals surface area contributed by atoms with E-state index in [9.17, 15) is 4.79 Å². The number of aromatic nitrogens is 1. The lowest BCUT2D eigenvalue weighted by Gasteiger charge is -2.14. The largest absolute Gasteiger partial charge is 0.493 e. The van der Waals surface area contributed by atoms with Gasteiger partial charge in [0.05, 0.1) is 19.1 Å². The first-order valence-electron chi connectivity index (χ1n) is 7.04. The van der Waals surface area contributed by atoms with Gasteiger partial charge in [0.25, 0.3) is 0 Å². The summed E-state index contributed by atoms with van der Waals surface area (Å²) in [5, 5.41) is 2.95. The van der Waals surface area contributed by atoms with E-state index in [1.54, 1.807) is 12.4 Å². The third-order valence-corrected chi connectivity index (χ3v) is 3.17. The second-order valence-electron chi connectivity index (χ2n) is 4.98. The standard InChI is InChI=1S/C17H20N2O2/c1-13-4-3-5-16(12-13)21-11-8-17(20)19-14(2)15-6-9-18-10-7-15/h3-7,9-10,12,14H,8,11H2,1-2H3,(H,19,20). The van der Waals surface area contributed by atoms with Gasteiger partial charge in [0.2, 0.25) is 5.91 Å². The van der Waals surface area contributed by atoms with Crippen molar-refractivity contribution in [3.8, 4) is 5.75 Å². The van der Waals surface area contributed by atoms with Crippen LogP contribution in [0.3, 0.4) is 0 Å². The number of hydrogen-bond acceptors (Lipinski definition) is 3. The number of carbonyl (C=O) groups is 1. The maximum absolute atomic E-state index is 11.9. The van der Waals surface area contributed by atoms with Crippen LogP contribution in [0.5, 0.6) is 5.75 Å². The molecule has 0 aliphatic carbocycles. The number of ether oxygens (including phenoxy) is 1. The van der Waals surface area contributed by atoms with Gasteiger partial charge in [-0.15, -0.1) is 0 Å². The van der Waals surface area contributed by atoms with Crippen molar-refractivity contribution in [2.24, 2.45) is 0 Å². The summed E-state index contributed by atoms with van der Waals surface area (Å²) in [4.78, 5) is 15.8. The van der Waals surface area contributed by atoms with Crippen LogP contribution in [0.1, 0.15) is 30.5 Å². The minimum Gasteiger partial charge on any atom is -0.493 e. The number of carbonyl (C=O) groups excluding carboxylic acids is 1. The highest BCUT2D eigenvalue weighted by Gasteiger charge is 2.09. The van der Waals surface area contributed by atoms with Crippen molar-refractivity contribution < 1.29 is 9.53 Å². The quantitative estimate of drug-likeness (QED) is 0.887. The van der Waals surface area contributed by atoms with Gasteiger partial charge in [-0.1, -0.05) is 12.1 Å². The van der Waals surface area contributed by atoms with E-state index in [1.807, 2.05) is 50.2 Å². The first-order chi connectivity index (χ1) is 10.1. The van der Waals surface area contributed by atoms with Gasteiger partial charge in [0.15, 0.2) is 0 Å². The molecule has 0 saturated carbocycles. The van der Waals surface area contributed by atoms with Crippen molar-refractivity contribution in [2.45, 2.75) is 26.3 Å². The lowest BCUT2D eigenvalue weighted by atomic mass is 10.1. The fourth-order valence-electron chi connectivity index (χ4n) is 2.02. The van der Waals surface area contributed by atoms with Gasteiger partial charge in [0, 0.05) is 12.4 Å². The molecule has 0 bridgehead atoms. The molecule has 21 heavy (non-hydrogen) atoms. The lowest BCUT2D eigenvalue weighted by Crippen LogP contribution is -2.27. The number of amides is 1. The molecule has 1 aromatic carbocycles. The van der Waals surface area contributed by atoms with Crippen molar-refractivity contribution in [1.82, 2.24) is 10.3 Å². The average Bonchev–Trinajstić information content (AvgIpc) is 2.48. The van der Waals surface area contributed by atoms with Gasteiger partial charge in [-0.2, -0.15) is 0 Å². The van der Waals surface area contributed by atoms with Crippen molar-refractivity contribution >= 4 is 5.91 Å². The van der Waals surface area contributed by atoms with Gasteiger partial charge in [-0.3, -0.25) is 9.78 Å². The Kier molecular flexibility index (Phi) is 5.32. The van der Waals surface area contributed by atoms with E-state index in [4.69, 9.17) is 4.74 Å². The molecule has 0 aliphatic heterocycles. The maximum atomic E-state index is 11.9. The van der Waals surface area contributed by atoms with E-state index in [1.165, 1.54) is 0 Å². The number of benzene rings is 1. The number of aryl methyl sites for hydroxylation is 1. The van der Waals surface area contributed by atoms with E-state index in [0.717, 1.165) is 16.9 Å².